The largest absolute Gasteiger partial charge is 0.372 e. The van der Waals surface area contributed by atoms with Gasteiger partial charge in [0.25, 0.3) is 0 Å². The lowest BCUT2D eigenvalue weighted by molar-refractivity contribution is -0.128. The number of fused-ring (bicyclic) bond motifs is 1. The van der Waals surface area contributed by atoms with Crippen molar-refractivity contribution in [3.63, 3.8) is 0 Å². The van der Waals surface area contributed by atoms with Crippen molar-refractivity contribution in [2.45, 2.75) is 56.8 Å². The summed E-state index contributed by atoms with van der Waals surface area (Å²) in [4.78, 5) is 26.9. The summed E-state index contributed by atoms with van der Waals surface area (Å²) in [6.45, 7) is 7.51. The number of morpholine rings is 1. The third-order valence-electron chi connectivity index (χ3n) is 5.53. The van der Waals surface area contributed by atoms with Crippen LogP contribution in [-0.2, 0) is 9.53 Å². The zero-order valence-corrected chi connectivity index (χ0v) is 18.2. The van der Waals surface area contributed by atoms with Gasteiger partial charge in [0, 0.05) is 26.2 Å². The Bertz CT molecular complexity index is 844. The van der Waals surface area contributed by atoms with Gasteiger partial charge in [0.05, 0.1) is 29.0 Å². The highest BCUT2D eigenvalue weighted by Gasteiger charge is 2.27. The van der Waals surface area contributed by atoms with Crippen LogP contribution in [0, 0.1) is 0 Å². The van der Waals surface area contributed by atoms with Gasteiger partial charge in [0.2, 0.25) is 5.91 Å². The van der Waals surface area contributed by atoms with E-state index < -0.39 is 0 Å². The molecule has 2 atom stereocenters. The fourth-order valence-electron chi connectivity index (χ4n) is 4.17. The Labute approximate surface area is 177 Å². The van der Waals surface area contributed by atoms with Crippen molar-refractivity contribution < 1.29 is 9.53 Å². The second-order valence-corrected chi connectivity index (χ2v) is 9.05. The van der Waals surface area contributed by atoms with E-state index in [-0.39, 0.29) is 18.1 Å². The summed E-state index contributed by atoms with van der Waals surface area (Å²) in [7, 11) is 0. The van der Waals surface area contributed by atoms with Gasteiger partial charge >= 0.3 is 0 Å². The van der Waals surface area contributed by atoms with Crippen molar-refractivity contribution in [3.8, 4) is 0 Å². The van der Waals surface area contributed by atoms with Gasteiger partial charge in [-0.15, -0.1) is 0 Å². The van der Waals surface area contributed by atoms with Crippen LogP contribution >= 0.6 is 11.8 Å². The smallest absolute Gasteiger partial charge is 0.232 e. The molecule has 7 heteroatoms. The first kappa shape index (κ1) is 20.4. The zero-order valence-electron chi connectivity index (χ0n) is 17.3. The van der Waals surface area contributed by atoms with Crippen LogP contribution < -0.4 is 4.90 Å². The number of thioether (sulfide) groups is 1. The first-order chi connectivity index (χ1) is 14.1. The van der Waals surface area contributed by atoms with Gasteiger partial charge in [-0.3, -0.25) is 4.79 Å². The SMILES string of the molecule is CC1CN(c2nc3ccccc3nc2SCC(=O)N2CCCCCC2)CC(C)O1. The Balaban J connectivity index is 1.57. The first-order valence-corrected chi connectivity index (χ1v) is 11.7. The molecule has 29 heavy (non-hydrogen) atoms. The Morgan fingerprint density at radius 2 is 1.66 bits per heavy atom. The van der Waals surface area contributed by atoms with E-state index in [1.165, 1.54) is 24.6 Å². The molecule has 2 aromatic rings. The molecule has 0 spiro atoms. The molecule has 2 unspecified atom stereocenters. The van der Waals surface area contributed by atoms with E-state index in [1.807, 2.05) is 29.2 Å². The van der Waals surface area contributed by atoms with Crippen molar-refractivity contribution in [2.24, 2.45) is 0 Å². The van der Waals surface area contributed by atoms with Crippen LogP contribution in [0.4, 0.5) is 5.82 Å². The van der Waals surface area contributed by atoms with Crippen LogP contribution in [0.2, 0.25) is 0 Å². The van der Waals surface area contributed by atoms with Gasteiger partial charge in [0.1, 0.15) is 5.03 Å². The second kappa shape index (κ2) is 9.30. The van der Waals surface area contributed by atoms with Crippen molar-refractivity contribution in [1.82, 2.24) is 14.9 Å². The summed E-state index contributed by atoms with van der Waals surface area (Å²) >= 11 is 1.52. The molecule has 1 aromatic heterocycles. The van der Waals surface area contributed by atoms with E-state index in [1.54, 1.807) is 0 Å². The topological polar surface area (TPSA) is 58.6 Å². The molecule has 0 saturated carbocycles. The molecule has 6 nitrogen and oxygen atoms in total. The standard InChI is InChI=1S/C22H30N4O2S/c1-16-13-26(14-17(2)28-16)21-22(24-19-10-6-5-9-18(19)23-21)29-15-20(27)25-11-7-3-4-8-12-25/h5-6,9-10,16-17H,3-4,7-8,11-15H2,1-2H3. The highest BCUT2D eigenvalue weighted by Crippen LogP contribution is 2.31. The number of anilines is 1. The lowest BCUT2D eigenvalue weighted by Gasteiger charge is -2.36. The lowest BCUT2D eigenvalue weighted by atomic mass is 10.2. The Morgan fingerprint density at radius 3 is 2.31 bits per heavy atom. The summed E-state index contributed by atoms with van der Waals surface area (Å²) in [6.07, 6.45) is 4.96. The number of hydrogen-bond acceptors (Lipinski definition) is 6. The molecule has 0 aliphatic carbocycles. The number of carbonyl (C=O) groups excluding carboxylic acids is 1. The van der Waals surface area contributed by atoms with Gasteiger partial charge in [-0.05, 0) is 38.8 Å². The van der Waals surface area contributed by atoms with E-state index in [0.29, 0.717) is 5.75 Å². The molecule has 2 saturated heterocycles. The molecule has 0 N–H and O–H groups in total. The number of carbonyl (C=O) groups is 1. The Hall–Kier alpha value is -1.86. The molecule has 2 aliphatic heterocycles. The maximum Gasteiger partial charge on any atom is 0.232 e. The molecule has 3 heterocycles. The van der Waals surface area contributed by atoms with Gasteiger partial charge in [-0.25, -0.2) is 9.97 Å². The molecule has 2 fully saturated rings. The quantitative estimate of drug-likeness (QED) is 0.711. The summed E-state index contributed by atoms with van der Waals surface area (Å²) < 4.78 is 5.90. The van der Waals surface area contributed by atoms with Gasteiger partial charge in [-0.2, -0.15) is 0 Å². The molecule has 156 valence electrons. The van der Waals surface area contributed by atoms with E-state index in [9.17, 15) is 4.79 Å². The van der Waals surface area contributed by atoms with Crippen molar-refractivity contribution in [1.29, 1.82) is 0 Å². The number of ether oxygens (including phenoxy) is 1. The molecular weight excluding hydrogens is 384 g/mol. The molecule has 1 aromatic carbocycles. The lowest BCUT2D eigenvalue weighted by Crippen LogP contribution is -2.46. The van der Waals surface area contributed by atoms with Gasteiger partial charge < -0.3 is 14.5 Å². The molecule has 2 aliphatic rings. The summed E-state index contributed by atoms with van der Waals surface area (Å²) in [5.74, 6) is 1.50. The minimum Gasteiger partial charge on any atom is -0.372 e. The zero-order chi connectivity index (χ0) is 20.2. The fraction of sp³-hybridized carbons (Fsp3) is 0.591. The van der Waals surface area contributed by atoms with E-state index in [0.717, 1.165) is 60.9 Å². The van der Waals surface area contributed by atoms with Crippen molar-refractivity contribution in [2.75, 3.05) is 36.8 Å². The van der Waals surface area contributed by atoms with Crippen LogP contribution in [0.15, 0.2) is 29.3 Å². The predicted octanol–water partition coefficient (Wildman–Crippen LogP) is 3.74. The van der Waals surface area contributed by atoms with E-state index >= 15 is 0 Å². The van der Waals surface area contributed by atoms with Crippen LogP contribution in [0.5, 0.6) is 0 Å². The molecule has 1 amide bonds. The third kappa shape index (κ3) is 5.01. The minimum absolute atomic E-state index is 0.142. The Kier molecular flexibility index (Phi) is 6.55. The fourth-order valence-corrected chi connectivity index (χ4v) is 5.08. The van der Waals surface area contributed by atoms with Crippen LogP contribution in [0.3, 0.4) is 0 Å². The number of amides is 1. The van der Waals surface area contributed by atoms with Crippen LogP contribution in [-0.4, -0.2) is 64.9 Å². The molecule has 0 radical (unpaired) electrons. The highest BCUT2D eigenvalue weighted by molar-refractivity contribution is 8.00. The van der Waals surface area contributed by atoms with Gasteiger partial charge in [0.15, 0.2) is 5.82 Å². The predicted molar refractivity (Wildman–Crippen MR) is 118 cm³/mol. The molecule has 4 rings (SSSR count). The first-order valence-electron chi connectivity index (χ1n) is 10.7. The third-order valence-corrected chi connectivity index (χ3v) is 6.47. The van der Waals surface area contributed by atoms with E-state index in [2.05, 4.69) is 18.7 Å². The van der Waals surface area contributed by atoms with Crippen LogP contribution in [0.25, 0.3) is 11.0 Å². The monoisotopic (exact) mass is 414 g/mol. The second-order valence-electron chi connectivity index (χ2n) is 8.09. The Morgan fingerprint density at radius 1 is 1.03 bits per heavy atom. The number of aromatic nitrogens is 2. The van der Waals surface area contributed by atoms with E-state index in [4.69, 9.17) is 14.7 Å². The van der Waals surface area contributed by atoms with Crippen molar-refractivity contribution in [3.05, 3.63) is 24.3 Å². The number of para-hydroxylation sites is 2. The number of likely N-dealkylation sites (tertiary alicyclic amines) is 1. The average molecular weight is 415 g/mol. The average Bonchev–Trinajstić information content (AvgIpc) is 3.00. The normalized spacial score (nSPS) is 23.2. The highest BCUT2D eigenvalue weighted by atomic mass is 32.2. The molecular formula is C22H30N4O2S. The minimum atomic E-state index is 0.142. The number of nitrogens with zero attached hydrogens (tertiary/aromatic N) is 4. The van der Waals surface area contributed by atoms with Gasteiger partial charge in [-0.1, -0.05) is 36.7 Å². The number of hydrogen-bond donors (Lipinski definition) is 0. The summed E-state index contributed by atoms with van der Waals surface area (Å²) in [5.41, 5.74) is 1.76. The maximum absolute atomic E-state index is 12.8. The summed E-state index contributed by atoms with van der Waals surface area (Å²) in [6, 6.07) is 7.95. The number of benzene rings is 1. The molecule has 0 bridgehead atoms. The summed E-state index contributed by atoms with van der Waals surface area (Å²) in [5, 5.41) is 0.841. The van der Waals surface area contributed by atoms with Crippen molar-refractivity contribution >= 4 is 34.5 Å². The van der Waals surface area contributed by atoms with Crippen LogP contribution in [0.1, 0.15) is 39.5 Å². The number of rotatable bonds is 4. The maximum atomic E-state index is 12.8.